The van der Waals surface area contributed by atoms with Crippen molar-refractivity contribution in [2.75, 3.05) is 7.05 Å². The molecule has 7 heteroatoms. The van der Waals surface area contributed by atoms with Crippen LogP contribution in [0.4, 0.5) is 0 Å². The number of aromatic nitrogens is 3. The topological polar surface area (TPSA) is 68.2 Å². The van der Waals surface area contributed by atoms with Crippen LogP contribution in [0.5, 0.6) is 0 Å². The summed E-state index contributed by atoms with van der Waals surface area (Å²) in [6, 6.07) is 5.84. The van der Waals surface area contributed by atoms with Gasteiger partial charge in [0.05, 0.1) is 17.1 Å². The minimum atomic E-state index is 0.570. The van der Waals surface area contributed by atoms with E-state index in [0.717, 1.165) is 16.3 Å². The molecule has 3 heterocycles. The summed E-state index contributed by atoms with van der Waals surface area (Å²) in [6.45, 7) is 3.16. The van der Waals surface area contributed by atoms with Gasteiger partial charge in [-0.1, -0.05) is 16.4 Å². The standard InChI is InChI=1S/C13H14N4O2S/c1-9-6-10(15-18-9)7-17(2)8-12-14-13(19-16-12)11-4-3-5-20-11/h3-6H,7-8H2,1-2H3. The summed E-state index contributed by atoms with van der Waals surface area (Å²) < 4.78 is 10.3. The zero-order chi connectivity index (χ0) is 13.9. The van der Waals surface area contributed by atoms with Crippen LogP contribution in [0.1, 0.15) is 17.3 Å². The van der Waals surface area contributed by atoms with E-state index >= 15 is 0 Å². The Morgan fingerprint density at radius 3 is 2.85 bits per heavy atom. The normalized spacial score (nSPS) is 11.3. The zero-order valence-electron chi connectivity index (χ0n) is 11.2. The van der Waals surface area contributed by atoms with Gasteiger partial charge >= 0.3 is 0 Å². The van der Waals surface area contributed by atoms with Crippen molar-refractivity contribution < 1.29 is 9.05 Å². The van der Waals surface area contributed by atoms with Gasteiger partial charge in [0.25, 0.3) is 5.89 Å². The van der Waals surface area contributed by atoms with Crippen molar-refractivity contribution in [3.63, 3.8) is 0 Å². The van der Waals surface area contributed by atoms with Gasteiger partial charge in [0.15, 0.2) is 5.82 Å². The maximum atomic E-state index is 5.25. The van der Waals surface area contributed by atoms with Gasteiger partial charge in [-0.05, 0) is 25.4 Å². The molecule has 0 saturated heterocycles. The molecule has 0 fully saturated rings. The van der Waals surface area contributed by atoms with Gasteiger partial charge in [0, 0.05) is 12.6 Å². The maximum absolute atomic E-state index is 5.25. The molecule has 3 rings (SSSR count). The van der Waals surface area contributed by atoms with Crippen molar-refractivity contribution in [2.24, 2.45) is 0 Å². The summed E-state index contributed by atoms with van der Waals surface area (Å²) in [4.78, 5) is 7.43. The van der Waals surface area contributed by atoms with Gasteiger partial charge in [-0.2, -0.15) is 4.98 Å². The van der Waals surface area contributed by atoms with Crippen molar-refractivity contribution in [1.82, 2.24) is 20.2 Å². The fourth-order valence-electron chi connectivity index (χ4n) is 1.88. The fraction of sp³-hybridized carbons (Fsp3) is 0.308. The van der Waals surface area contributed by atoms with E-state index < -0.39 is 0 Å². The van der Waals surface area contributed by atoms with E-state index in [-0.39, 0.29) is 0 Å². The lowest BCUT2D eigenvalue weighted by Crippen LogP contribution is -2.18. The second-order valence-corrected chi connectivity index (χ2v) is 5.54. The molecule has 0 N–H and O–H groups in total. The molecule has 104 valence electrons. The van der Waals surface area contributed by atoms with Crippen LogP contribution in [0.3, 0.4) is 0 Å². The third-order valence-corrected chi connectivity index (χ3v) is 3.58. The van der Waals surface area contributed by atoms with Crippen LogP contribution in [0, 0.1) is 6.92 Å². The average molecular weight is 290 g/mol. The van der Waals surface area contributed by atoms with Crippen LogP contribution in [-0.4, -0.2) is 27.2 Å². The summed E-state index contributed by atoms with van der Waals surface area (Å²) >= 11 is 1.58. The van der Waals surface area contributed by atoms with Crippen molar-refractivity contribution >= 4 is 11.3 Å². The molecule has 0 radical (unpaired) electrons. The Hall–Kier alpha value is -1.99. The molecule has 0 aliphatic rings. The largest absolute Gasteiger partial charge is 0.361 e. The molecule has 3 aromatic rings. The number of thiophene rings is 1. The number of hydrogen-bond donors (Lipinski definition) is 0. The Morgan fingerprint density at radius 2 is 2.15 bits per heavy atom. The van der Waals surface area contributed by atoms with Crippen LogP contribution >= 0.6 is 11.3 Å². The van der Waals surface area contributed by atoms with Gasteiger partial charge in [0.2, 0.25) is 0 Å². The molecule has 0 aromatic carbocycles. The molecular weight excluding hydrogens is 276 g/mol. The van der Waals surface area contributed by atoms with Crippen LogP contribution in [0.2, 0.25) is 0 Å². The van der Waals surface area contributed by atoms with E-state index in [4.69, 9.17) is 9.05 Å². The first-order chi connectivity index (χ1) is 9.70. The highest BCUT2D eigenvalue weighted by Crippen LogP contribution is 2.22. The smallest absolute Gasteiger partial charge is 0.268 e. The first-order valence-corrected chi connectivity index (χ1v) is 7.06. The predicted molar refractivity (Wildman–Crippen MR) is 74.0 cm³/mol. The molecule has 0 aliphatic heterocycles. The number of rotatable bonds is 5. The first-order valence-electron chi connectivity index (χ1n) is 6.18. The number of hydrogen-bond acceptors (Lipinski definition) is 7. The van der Waals surface area contributed by atoms with E-state index in [1.807, 2.05) is 37.6 Å². The summed E-state index contributed by atoms with van der Waals surface area (Å²) in [6.07, 6.45) is 0. The van der Waals surface area contributed by atoms with Crippen LogP contribution < -0.4 is 0 Å². The van der Waals surface area contributed by atoms with Crippen molar-refractivity contribution in [2.45, 2.75) is 20.0 Å². The molecule has 0 atom stereocenters. The monoisotopic (exact) mass is 290 g/mol. The van der Waals surface area contributed by atoms with Crippen molar-refractivity contribution in [3.05, 3.63) is 40.9 Å². The lowest BCUT2D eigenvalue weighted by atomic mass is 10.3. The lowest BCUT2D eigenvalue weighted by molar-refractivity contribution is 0.289. The van der Waals surface area contributed by atoms with E-state index in [1.54, 1.807) is 11.3 Å². The minimum Gasteiger partial charge on any atom is -0.361 e. The van der Waals surface area contributed by atoms with E-state index in [1.165, 1.54) is 0 Å². The van der Waals surface area contributed by atoms with E-state index in [9.17, 15) is 0 Å². The second-order valence-electron chi connectivity index (χ2n) is 4.59. The van der Waals surface area contributed by atoms with Crippen LogP contribution in [0.25, 0.3) is 10.8 Å². The van der Waals surface area contributed by atoms with Crippen LogP contribution in [0.15, 0.2) is 32.6 Å². The summed E-state index contributed by atoms with van der Waals surface area (Å²) in [5.41, 5.74) is 0.895. The highest BCUT2D eigenvalue weighted by Gasteiger charge is 2.12. The molecule has 0 bridgehead atoms. The Bertz CT molecular complexity index is 674. The van der Waals surface area contributed by atoms with Gasteiger partial charge < -0.3 is 9.05 Å². The van der Waals surface area contributed by atoms with Crippen LogP contribution in [-0.2, 0) is 13.1 Å². The Kier molecular flexibility index (Phi) is 3.62. The molecular formula is C13H14N4O2S. The fourth-order valence-corrected chi connectivity index (χ4v) is 2.53. The average Bonchev–Trinajstić information content (AvgIpc) is 3.10. The molecule has 3 aromatic heterocycles. The Morgan fingerprint density at radius 1 is 1.25 bits per heavy atom. The molecule has 6 nitrogen and oxygen atoms in total. The Balaban J connectivity index is 1.63. The Labute approximate surface area is 120 Å². The van der Waals surface area contributed by atoms with Gasteiger partial charge in [0.1, 0.15) is 5.76 Å². The molecule has 20 heavy (non-hydrogen) atoms. The SMILES string of the molecule is Cc1cc(CN(C)Cc2noc(-c3cccs3)n2)no1. The molecule has 0 amide bonds. The first kappa shape index (κ1) is 13.0. The second kappa shape index (κ2) is 5.56. The molecule has 0 saturated carbocycles. The summed E-state index contributed by atoms with van der Waals surface area (Å²) in [5.74, 6) is 2.05. The van der Waals surface area contributed by atoms with Crippen molar-refractivity contribution in [3.8, 4) is 10.8 Å². The molecule has 0 aliphatic carbocycles. The van der Waals surface area contributed by atoms with Gasteiger partial charge in [-0.3, -0.25) is 4.90 Å². The zero-order valence-corrected chi connectivity index (χ0v) is 12.1. The maximum Gasteiger partial charge on any atom is 0.268 e. The van der Waals surface area contributed by atoms with Gasteiger partial charge in [-0.25, -0.2) is 0 Å². The highest BCUT2D eigenvalue weighted by molar-refractivity contribution is 7.13. The van der Waals surface area contributed by atoms with Crippen molar-refractivity contribution in [1.29, 1.82) is 0 Å². The van der Waals surface area contributed by atoms with Gasteiger partial charge in [-0.15, -0.1) is 11.3 Å². The lowest BCUT2D eigenvalue weighted by Gasteiger charge is -2.11. The summed E-state index contributed by atoms with van der Waals surface area (Å²) in [7, 11) is 1.98. The van der Waals surface area contributed by atoms with E-state index in [2.05, 4.69) is 20.2 Å². The summed E-state index contributed by atoms with van der Waals surface area (Å²) in [5, 5.41) is 9.94. The predicted octanol–water partition coefficient (Wildman–Crippen LogP) is 2.73. The highest BCUT2D eigenvalue weighted by atomic mass is 32.1. The minimum absolute atomic E-state index is 0.570. The van der Waals surface area contributed by atoms with E-state index in [0.29, 0.717) is 24.8 Å². The number of aryl methyl sites for hydroxylation is 1. The molecule has 0 unspecified atom stereocenters. The quantitative estimate of drug-likeness (QED) is 0.719. The third kappa shape index (κ3) is 2.94. The number of nitrogens with zero attached hydrogens (tertiary/aromatic N) is 4. The molecule has 0 spiro atoms. The third-order valence-electron chi connectivity index (χ3n) is 2.72.